The Morgan fingerprint density at radius 1 is 0.500 bits per heavy atom. The molecule has 0 unspecified atom stereocenters. The number of benzene rings is 2. The van der Waals surface area contributed by atoms with Gasteiger partial charge in [0.05, 0.1) is 0 Å². The van der Waals surface area contributed by atoms with Crippen LogP contribution in [-0.4, -0.2) is 18.9 Å². The molecule has 0 aliphatic heterocycles. The van der Waals surface area contributed by atoms with Gasteiger partial charge in [0.25, 0.3) is 0 Å². The molecule has 2 rings (SSSR count). The molecular weight excluding hydrogens is 215 g/mol. The van der Waals surface area contributed by atoms with E-state index >= 15 is 0 Å². The molecule has 0 nitrogen and oxygen atoms in total. The summed E-state index contributed by atoms with van der Waals surface area (Å²) in [6, 6.07) is 20.8. The van der Waals surface area contributed by atoms with E-state index < -0.39 is 0 Å². The molecule has 0 bridgehead atoms. The SMILES string of the molecule is [Cu].[Li].c1ccc(-c2ccccc2)cc1. The second-order valence-corrected chi connectivity index (χ2v) is 2.73. The standard InChI is InChI=1S/C12H10.Cu.Li/c1-3-7-11(8-4-1)12-9-5-2-6-10-12;;/h1-10H;;. The molecule has 0 fully saturated rings. The van der Waals surface area contributed by atoms with Crippen LogP contribution in [0.3, 0.4) is 0 Å². The third-order valence-electron chi connectivity index (χ3n) is 1.88. The fourth-order valence-electron chi connectivity index (χ4n) is 1.26. The van der Waals surface area contributed by atoms with E-state index in [9.17, 15) is 0 Å². The Labute approximate surface area is 107 Å². The molecule has 2 heteroatoms. The number of hydrogen-bond donors (Lipinski definition) is 0. The second kappa shape index (κ2) is 6.93. The van der Waals surface area contributed by atoms with E-state index in [4.69, 9.17) is 0 Å². The van der Waals surface area contributed by atoms with Crippen LogP contribution in [0.5, 0.6) is 0 Å². The van der Waals surface area contributed by atoms with Gasteiger partial charge in [0.15, 0.2) is 0 Å². The van der Waals surface area contributed by atoms with Crippen molar-refractivity contribution < 1.29 is 17.1 Å². The first-order valence-corrected chi connectivity index (χ1v) is 4.07. The molecule has 2 radical (unpaired) electrons. The predicted octanol–water partition coefficient (Wildman–Crippen LogP) is 2.97. The molecule has 70 valence electrons. The summed E-state index contributed by atoms with van der Waals surface area (Å²) in [6.07, 6.45) is 0. The van der Waals surface area contributed by atoms with Crippen molar-refractivity contribution in [2.24, 2.45) is 0 Å². The van der Waals surface area contributed by atoms with Gasteiger partial charge in [-0.3, -0.25) is 0 Å². The van der Waals surface area contributed by atoms with E-state index in [1.807, 2.05) is 12.1 Å². The van der Waals surface area contributed by atoms with Crippen LogP contribution in [0.2, 0.25) is 0 Å². The largest absolute Gasteiger partial charge is 0.0622 e. The van der Waals surface area contributed by atoms with Gasteiger partial charge in [-0.25, -0.2) is 0 Å². The summed E-state index contributed by atoms with van der Waals surface area (Å²) in [4.78, 5) is 0. The first-order chi connectivity index (χ1) is 5.97. The van der Waals surface area contributed by atoms with Crippen LogP contribution in [0.25, 0.3) is 11.1 Å². The molecule has 0 saturated heterocycles. The molecule has 14 heavy (non-hydrogen) atoms. The van der Waals surface area contributed by atoms with Crippen LogP contribution >= 0.6 is 0 Å². The molecule has 0 aliphatic rings. The zero-order valence-corrected chi connectivity index (χ0v) is 9.02. The van der Waals surface area contributed by atoms with Crippen molar-refractivity contribution in [3.05, 3.63) is 60.7 Å². The van der Waals surface area contributed by atoms with E-state index in [0.29, 0.717) is 0 Å². The molecule has 0 atom stereocenters. The van der Waals surface area contributed by atoms with Gasteiger partial charge in [-0.15, -0.1) is 0 Å². The van der Waals surface area contributed by atoms with Gasteiger partial charge >= 0.3 is 0 Å². The third kappa shape index (κ3) is 3.37. The summed E-state index contributed by atoms with van der Waals surface area (Å²) in [7, 11) is 0. The van der Waals surface area contributed by atoms with Crippen molar-refractivity contribution in [1.82, 2.24) is 0 Å². The average Bonchev–Trinajstić information content (AvgIpc) is 2.21. The van der Waals surface area contributed by atoms with Crippen molar-refractivity contribution in [2.75, 3.05) is 0 Å². The fraction of sp³-hybridized carbons (Fsp3) is 0. The Kier molecular flexibility index (Phi) is 6.71. The van der Waals surface area contributed by atoms with Crippen LogP contribution in [0.4, 0.5) is 0 Å². The normalized spacial score (nSPS) is 8.29. The van der Waals surface area contributed by atoms with E-state index in [1.54, 1.807) is 0 Å². The maximum absolute atomic E-state index is 2.12. The number of hydrogen-bond acceptors (Lipinski definition) is 0. The van der Waals surface area contributed by atoms with Crippen molar-refractivity contribution in [3.8, 4) is 11.1 Å². The fourth-order valence-corrected chi connectivity index (χ4v) is 1.26. The Morgan fingerprint density at radius 3 is 1.07 bits per heavy atom. The van der Waals surface area contributed by atoms with E-state index in [-0.39, 0.29) is 35.9 Å². The zero-order chi connectivity index (χ0) is 8.23. The van der Waals surface area contributed by atoms with Gasteiger partial charge in [-0.1, -0.05) is 60.7 Å². The van der Waals surface area contributed by atoms with Crippen LogP contribution in [0, 0.1) is 0 Å². The molecule has 2 aromatic rings. The van der Waals surface area contributed by atoms with E-state index in [0.717, 1.165) is 0 Å². The van der Waals surface area contributed by atoms with Gasteiger partial charge in [0, 0.05) is 35.9 Å². The Hall–Kier alpha value is -0.443. The maximum Gasteiger partial charge on any atom is 0 e. The first kappa shape index (κ1) is 13.6. The number of rotatable bonds is 1. The summed E-state index contributed by atoms with van der Waals surface area (Å²) >= 11 is 0. The summed E-state index contributed by atoms with van der Waals surface area (Å²) in [6.45, 7) is 0. The summed E-state index contributed by atoms with van der Waals surface area (Å²) in [5, 5.41) is 0. The van der Waals surface area contributed by atoms with Crippen LogP contribution < -0.4 is 0 Å². The van der Waals surface area contributed by atoms with Crippen molar-refractivity contribution in [3.63, 3.8) is 0 Å². The maximum atomic E-state index is 2.12. The molecule has 0 aromatic heterocycles. The smallest absolute Gasteiger partial charge is 0 e. The monoisotopic (exact) mass is 224 g/mol. The van der Waals surface area contributed by atoms with Gasteiger partial charge in [-0.05, 0) is 11.1 Å². The molecule has 0 aliphatic carbocycles. The van der Waals surface area contributed by atoms with Gasteiger partial charge in [0.2, 0.25) is 0 Å². The van der Waals surface area contributed by atoms with E-state index in [1.165, 1.54) is 11.1 Å². The van der Waals surface area contributed by atoms with Crippen LogP contribution in [-0.2, 0) is 17.1 Å². The zero-order valence-electron chi connectivity index (χ0n) is 8.08. The minimum Gasteiger partial charge on any atom is -0.0622 e. The van der Waals surface area contributed by atoms with E-state index in [2.05, 4.69) is 48.5 Å². The molecular formula is C12H10CuLi. The molecule has 0 spiro atoms. The van der Waals surface area contributed by atoms with Crippen LogP contribution in [0.15, 0.2) is 60.7 Å². The van der Waals surface area contributed by atoms with Crippen molar-refractivity contribution >= 4 is 18.9 Å². The second-order valence-electron chi connectivity index (χ2n) is 2.73. The molecule has 0 N–H and O–H groups in total. The topological polar surface area (TPSA) is 0 Å². The quantitative estimate of drug-likeness (QED) is 0.654. The van der Waals surface area contributed by atoms with Crippen molar-refractivity contribution in [2.45, 2.75) is 0 Å². The summed E-state index contributed by atoms with van der Waals surface area (Å²) < 4.78 is 0. The molecule has 0 saturated carbocycles. The Bertz CT molecular complexity index is 308. The molecule has 2 aromatic carbocycles. The minimum absolute atomic E-state index is 0. The third-order valence-corrected chi connectivity index (χ3v) is 1.88. The minimum atomic E-state index is 0. The summed E-state index contributed by atoms with van der Waals surface area (Å²) in [5.41, 5.74) is 2.55. The van der Waals surface area contributed by atoms with Gasteiger partial charge in [0.1, 0.15) is 0 Å². The molecule has 0 heterocycles. The first-order valence-electron chi connectivity index (χ1n) is 4.07. The average molecular weight is 225 g/mol. The van der Waals surface area contributed by atoms with Gasteiger partial charge in [-0.2, -0.15) is 0 Å². The summed E-state index contributed by atoms with van der Waals surface area (Å²) in [5.74, 6) is 0. The van der Waals surface area contributed by atoms with Gasteiger partial charge < -0.3 is 0 Å². The molecule has 0 amide bonds. The Balaban J connectivity index is 0.000000845. The Morgan fingerprint density at radius 2 is 0.786 bits per heavy atom. The predicted molar refractivity (Wildman–Crippen MR) is 57.6 cm³/mol. The van der Waals surface area contributed by atoms with Crippen LogP contribution in [0.1, 0.15) is 0 Å². The van der Waals surface area contributed by atoms with Crippen molar-refractivity contribution in [1.29, 1.82) is 0 Å².